The van der Waals surface area contributed by atoms with Crippen LogP contribution in [0.25, 0.3) is 49.7 Å². The minimum Gasteiger partial charge on any atom is -0.481 e. The quantitative estimate of drug-likeness (QED) is 0.364. The van der Waals surface area contributed by atoms with Gasteiger partial charge < -0.3 is 9.30 Å². The summed E-state index contributed by atoms with van der Waals surface area (Å²) in [5.41, 5.74) is 6.78. The van der Waals surface area contributed by atoms with Gasteiger partial charge in [0.1, 0.15) is 0 Å². The van der Waals surface area contributed by atoms with E-state index in [1.165, 1.54) is 0 Å². The maximum atomic E-state index is 9.41. The van der Waals surface area contributed by atoms with Crippen LogP contribution in [0.2, 0.25) is 0 Å². The lowest BCUT2D eigenvalue weighted by molar-refractivity contribution is 0.398. The summed E-state index contributed by atoms with van der Waals surface area (Å²) in [7, 11) is 3.45. The normalized spacial score (nSPS) is 11.9. The van der Waals surface area contributed by atoms with Crippen molar-refractivity contribution in [3.05, 3.63) is 84.9 Å². The predicted molar refractivity (Wildman–Crippen MR) is 134 cm³/mol. The minimum absolute atomic E-state index is 0.474. The highest BCUT2D eigenvalue weighted by Crippen LogP contribution is 2.30. The summed E-state index contributed by atoms with van der Waals surface area (Å²) >= 11 is 0. The first kappa shape index (κ1) is 20.6. The molecule has 0 aliphatic rings. The van der Waals surface area contributed by atoms with E-state index in [2.05, 4.69) is 44.2 Å². The van der Waals surface area contributed by atoms with Gasteiger partial charge in [0, 0.05) is 35.6 Å². The van der Waals surface area contributed by atoms with Crippen LogP contribution in [0.15, 0.2) is 84.2 Å². The molecule has 8 nitrogen and oxygen atoms in total. The average Bonchev–Trinajstić information content (AvgIpc) is 3.20. The van der Waals surface area contributed by atoms with Crippen LogP contribution in [0.1, 0.15) is 0 Å². The number of hydrogen-bond donors (Lipinski definition) is 0. The fourth-order valence-corrected chi connectivity index (χ4v) is 4.45. The van der Waals surface area contributed by atoms with E-state index in [0.717, 1.165) is 49.7 Å². The molecular formula is C27H19N7O. The van der Waals surface area contributed by atoms with E-state index < -0.39 is 0 Å². The summed E-state index contributed by atoms with van der Waals surface area (Å²) in [5, 5.41) is 11.4. The number of ether oxygens (including phenoxy) is 1. The number of para-hydroxylation sites is 1. The van der Waals surface area contributed by atoms with Crippen molar-refractivity contribution in [3.63, 3.8) is 0 Å². The molecule has 0 aliphatic carbocycles. The number of nitrogens with zero attached hydrogens (tertiary/aromatic N) is 7. The van der Waals surface area contributed by atoms with E-state index >= 15 is 0 Å². The van der Waals surface area contributed by atoms with Crippen LogP contribution in [0.5, 0.6) is 5.88 Å². The van der Waals surface area contributed by atoms with Crippen LogP contribution in [-0.2, 0) is 7.05 Å². The van der Waals surface area contributed by atoms with Gasteiger partial charge in [0.2, 0.25) is 17.7 Å². The molecule has 6 rings (SSSR count). The number of imidazole rings is 1. The molecule has 0 spiro atoms. The molecule has 6 aromatic rings. The molecule has 0 saturated carbocycles. The first-order valence-corrected chi connectivity index (χ1v) is 11.0. The summed E-state index contributed by atoms with van der Waals surface area (Å²) in [6, 6.07) is 20.0. The van der Waals surface area contributed by atoms with Crippen molar-refractivity contribution in [2.75, 3.05) is 7.11 Å². The van der Waals surface area contributed by atoms with Crippen molar-refractivity contribution >= 4 is 32.8 Å². The van der Waals surface area contributed by atoms with Crippen LogP contribution >= 0.6 is 0 Å². The zero-order valence-corrected chi connectivity index (χ0v) is 19.0. The number of rotatable bonds is 3. The van der Waals surface area contributed by atoms with Gasteiger partial charge in [-0.15, -0.1) is 4.99 Å². The van der Waals surface area contributed by atoms with E-state index in [4.69, 9.17) is 4.74 Å². The largest absolute Gasteiger partial charge is 0.481 e. The van der Waals surface area contributed by atoms with Crippen LogP contribution < -0.4 is 10.4 Å². The first-order valence-electron chi connectivity index (χ1n) is 11.0. The Hall–Kier alpha value is -5.03. The number of aromatic nitrogens is 5. The van der Waals surface area contributed by atoms with Gasteiger partial charge in [-0.1, -0.05) is 24.3 Å². The molecule has 8 heteroatoms. The number of aryl methyl sites for hydroxylation is 1. The molecule has 0 atom stereocenters. The van der Waals surface area contributed by atoms with E-state index in [9.17, 15) is 5.26 Å². The molecule has 168 valence electrons. The average molecular weight is 457 g/mol. The SMILES string of the molecule is COc1ccc(-n2/c(=N\C#N)n(C)c3cnc4ccc(-c5cnc6ccccc6c5)cc4c32)cn1. The molecule has 0 aliphatic heterocycles. The monoisotopic (exact) mass is 457 g/mol. The summed E-state index contributed by atoms with van der Waals surface area (Å²) in [6.07, 6.45) is 7.33. The highest BCUT2D eigenvalue weighted by atomic mass is 16.5. The van der Waals surface area contributed by atoms with E-state index in [1.807, 2.05) is 58.9 Å². The maximum Gasteiger partial charge on any atom is 0.226 e. The van der Waals surface area contributed by atoms with Gasteiger partial charge in [-0.25, -0.2) is 4.98 Å². The standard InChI is InChI=1S/C27H19N7O/c1-33-24-15-30-23-9-7-17(19-11-18-5-3-4-6-22(18)29-13-19)12-21(23)26(24)34(27(33)32-16-28)20-8-10-25(35-2)31-14-20/h3-15H,1-2H3/b32-27-. The van der Waals surface area contributed by atoms with Gasteiger partial charge >= 0.3 is 0 Å². The van der Waals surface area contributed by atoms with E-state index in [1.54, 1.807) is 25.6 Å². The minimum atomic E-state index is 0.474. The Kier molecular flexibility index (Phi) is 4.75. The van der Waals surface area contributed by atoms with Gasteiger partial charge in [0.15, 0.2) is 0 Å². The van der Waals surface area contributed by atoms with Crippen molar-refractivity contribution in [1.29, 1.82) is 5.26 Å². The molecule has 0 amide bonds. The van der Waals surface area contributed by atoms with Gasteiger partial charge in [-0.05, 0) is 35.9 Å². The Labute approximate surface area is 200 Å². The third kappa shape index (κ3) is 3.30. The van der Waals surface area contributed by atoms with Gasteiger partial charge in [0.05, 0.1) is 47.3 Å². The number of benzene rings is 2. The Bertz CT molecular complexity index is 1860. The van der Waals surface area contributed by atoms with Crippen molar-refractivity contribution in [1.82, 2.24) is 24.1 Å². The molecule has 35 heavy (non-hydrogen) atoms. The highest BCUT2D eigenvalue weighted by molar-refractivity contribution is 6.04. The Balaban J connectivity index is 1.67. The first-order chi connectivity index (χ1) is 17.2. The Morgan fingerprint density at radius 1 is 0.886 bits per heavy atom. The number of nitriles is 1. The Morgan fingerprint density at radius 3 is 2.54 bits per heavy atom. The van der Waals surface area contributed by atoms with E-state index in [0.29, 0.717) is 11.5 Å². The maximum absolute atomic E-state index is 9.41. The number of methoxy groups -OCH3 is 1. The van der Waals surface area contributed by atoms with E-state index in [-0.39, 0.29) is 0 Å². The molecule has 0 fully saturated rings. The van der Waals surface area contributed by atoms with Gasteiger partial charge in [-0.3, -0.25) is 14.5 Å². The van der Waals surface area contributed by atoms with Crippen LogP contribution in [0.3, 0.4) is 0 Å². The lowest BCUT2D eigenvalue weighted by atomic mass is 10.0. The zero-order valence-electron chi connectivity index (χ0n) is 19.0. The lowest BCUT2D eigenvalue weighted by Crippen LogP contribution is -2.22. The second-order valence-electron chi connectivity index (χ2n) is 8.11. The molecule has 4 aromatic heterocycles. The summed E-state index contributed by atoms with van der Waals surface area (Å²) in [5.74, 6) is 0.506. The molecule has 0 unspecified atom stereocenters. The molecule has 0 radical (unpaired) electrons. The summed E-state index contributed by atoms with van der Waals surface area (Å²) in [4.78, 5) is 17.8. The fraction of sp³-hybridized carbons (Fsp3) is 0.0741. The number of fused-ring (bicyclic) bond motifs is 4. The van der Waals surface area contributed by atoms with Crippen molar-refractivity contribution in [2.24, 2.45) is 12.0 Å². The number of hydrogen-bond acceptors (Lipinski definition) is 6. The smallest absolute Gasteiger partial charge is 0.226 e. The number of pyridine rings is 3. The van der Waals surface area contributed by atoms with Crippen LogP contribution in [0, 0.1) is 11.5 Å². The fourth-order valence-electron chi connectivity index (χ4n) is 4.45. The van der Waals surface area contributed by atoms with Crippen molar-refractivity contribution < 1.29 is 4.74 Å². The van der Waals surface area contributed by atoms with Gasteiger partial charge in [-0.2, -0.15) is 5.26 Å². The molecule has 4 heterocycles. The third-order valence-electron chi connectivity index (χ3n) is 6.17. The van der Waals surface area contributed by atoms with Gasteiger partial charge in [0.25, 0.3) is 0 Å². The molecule has 0 saturated heterocycles. The second kappa shape index (κ2) is 8.08. The zero-order chi connectivity index (χ0) is 23.9. The predicted octanol–water partition coefficient (Wildman–Crippen LogP) is 4.52. The highest BCUT2D eigenvalue weighted by Gasteiger charge is 2.16. The molecule has 0 bridgehead atoms. The van der Waals surface area contributed by atoms with Crippen LogP contribution in [-0.4, -0.2) is 31.2 Å². The van der Waals surface area contributed by atoms with Crippen LogP contribution in [0.4, 0.5) is 0 Å². The lowest BCUT2D eigenvalue weighted by Gasteiger charge is -2.09. The van der Waals surface area contributed by atoms with Crippen molar-refractivity contribution in [3.8, 4) is 28.9 Å². The second-order valence-corrected chi connectivity index (χ2v) is 8.11. The molecule has 0 N–H and O–H groups in total. The summed E-state index contributed by atoms with van der Waals surface area (Å²) < 4.78 is 9.01. The Morgan fingerprint density at radius 2 is 1.74 bits per heavy atom. The molecule has 2 aromatic carbocycles. The molecular weight excluding hydrogens is 438 g/mol. The topological polar surface area (TPSA) is 93.9 Å². The van der Waals surface area contributed by atoms with Crippen molar-refractivity contribution in [2.45, 2.75) is 0 Å². The summed E-state index contributed by atoms with van der Waals surface area (Å²) in [6.45, 7) is 0. The third-order valence-corrected chi connectivity index (χ3v) is 6.17.